The van der Waals surface area contributed by atoms with Gasteiger partial charge in [-0.1, -0.05) is 12.1 Å². The zero-order chi connectivity index (χ0) is 20.9. The number of hydrogen-bond donors (Lipinski definition) is 2. The third kappa shape index (κ3) is 5.37. The van der Waals surface area contributed by atoms with Crippen LogP contribution in [0.1, 0.15) is 22.8 Å². The Labute approximate surface area is 156 Å². The Hall–Kier alpha value is -3.76. The topological polar surface area (TPSA) is 114 Å². The number of nitrogens with one attached hydrogen (secondary N) is 2. The molecule has 0 spiro atoms. The Morgan fingerprint density at radius 2 is 1.54 bits per heavy atom. The Morgan fingerprint density at radius 1 is 1.00 bits per heavy atom. The molecule has 28 heavy (non-hydrogen) atoms. The summed E-state index contributed by atoms with van der Waals surface area (Å²) in [6, 6.07) is 10.3. The standard InChI is InChI=1S/C17H13F3N4O4/c1-10(11-2-6-13(7-3-11)21-16(26)17(18,19)20)22-23-15(25)12-4-8-14(9-5-12)24(27)28/h2-9H,1H3,(H,21,26)(H,23,25). The van der Waals surface area contributed by atoms with Crippen molar-refractivity contribution in [3.63, 3.8) is 0 Å². The van der Waals surface area contributed by atoms with Crippen LogP contribution in [-0.4, -0.2) is 28.6 Å². The molecule has 8 nitrogen and oxygen atoms in total. The van der Waals surface area contributed by atoms with Crippen LogP contribution in [0.3, 0.4) is 0 Å². The van der Waals surface area contributed by atoms with Gasteiger partial charge < -0.3 is 5.32 Å². The molecule has 0 saturated carbocycles. The highest BCUT2D eigenvalue weighted by atomic mass is 19.4. The molecule has 2 amide bonds. The molecule has 2 aromatic rings. The van der Waals surface area contributed by atoms with E-state index < -0.39 is 22.9 Å². The first-order chi connectivity index (χ1) is 13.1. The van der Waals surface area contributed by atoms with Crippen molar-refractivity contribution in [3.8, 4) is 0 Å². The molecular weight excluding hydrogens is 381 g/mol. The highest BCUT2D eigenvalue weighted by Gasteiger charge is 2.38. The zero-order valence-electron chi connectivity index (χ0n) is 14.3. The van der Waals surface area contributed by atoms with Gasteiger partial charge in [-0.15, -0.1) is 0 Å². The maximum Gasteiger partial charge on any atom is 0.471 e. The number of benzene rings is 2. The van der Waals surface area contributed by atoms with Crippen LogP contribution in [0.2, 0.25) is 0 Å². The van der Waals surface area contributed by atoms with Crippen molar-refractivity contribution in [2.45, 2.75) is 13.1 Å². The second kappa shape index (κ2) is 8.29. The van der Waals surface area contributed by atoms with Gasteiger partial charge in [0.25, 0.3) is 11.6 Å². The monoisotopic (exact) mass is 394 g/mol. The first-order valence-corrected chi connectivity index (χ1v) is 7.65. The molecule has 0 atom stereocenters. The van der Waals surface area contributed by atoms with Gasteiger partial charge in [-0.3, -0.25) is 19.7 Å². The Bertz CT molecular complexity index is 923. The van der Waals surface area contributed by atoms with Gasteiger partial charge in [0.2, 0.25) is 0 Å². The van der Waals surface area contributed by atoms with Crippen LogP contribution in [0.15, 0.2) is 53.6 Å². The van der Waals surface area contributed by atoms with Gasteiger partial charge in [-0.2, -0.15) is 18.3 Å². The van der Waals surface area contributed by atoms with Crippen molar-refractivity contribution >= 4 is 28.9 Å². The predicted octanol–water partition coefficient (Wildman–Crippen LogP) is 3.25. The molecule has 0 aliphatic heterocycles. The van der Waals surface area contributed by atoms with E-state index in [1.165, 1.54) is 48.5 Å². The van der Waals surface area contributed by atoms with Crippen molar-refractivity contribution in [3.05, 3.63) is 69.8 Å². The van der Waals surface area contributed by atoms with Crippen LogP contribution < -0.4 is 10.7 Å². The molecule has 2 rings (SSSR count). The number of hydrogen-bond acceptors (Lipinski definition) is 5. The molecule has 0 aromatic heterocycles. The fraction of sp³-hybridized carbons (Fsp3) is 0.118. The molecular formula is C17H13F3N4O4. The Balaban J connectivity index is 2.01. The number of halogens is 3. The zero-order valence-corrected chi connectivity index (χ0v) is 14.3. The lowest BCUT2D eigenvalue weighted by Crippen LogP contribution is -2.29. The van der Waals surface area contributed by atoms with Gasteiger partial charge in [0.05, 0.1) is 10.6 Å². The molecule has 0 radical (unpaired) electrons. The summed E-state index contributed by atoms with van der Waals surface area (Å²) in [5.41, 5.74) is 3.07. The van der Waals surface area contributed by atoms with E-state index >= 15 is 0 Å². The number of hydrazone groups is 1. The highest BCUT2D eigenvalue weighted by molar-refractivity contribution is 6.01. The van der Waals surface area contributed by atoms with Gasteiger partial charge in [0.1, 0.15) is 0 Å². The van der Waals surface area contributed by atoms with Gasteiger partial charge in [-0.05, 0) is 36.8 Å². The number of nitro benzene ring substituents is 1. The van der Waals surface area contributed by atoms with Gasteiger partial charge in [-0.25, -0.2) is 5.43 Å². The number of nitrogens with zero attached hydrogens (tertiary/aromatic N) is 2. The smallest absolute Gasteiger partial charge is 0.318 e. The van der Waals surface area contributed by atoms with E-state index in [-0.39, 0.29) is 16.9 Å². The van der Waals surface area contributed by atoms with Crippen LogP contribution in [0.25, 0.3) is 0 Å². The predicted molar refractivity (Wildman–Crippen MR) is 93.9 cm³/mol. The third-order valence-corrected chi connectivity index (χ3v) is 3.48. The summed E-state index contributed by atoms with van der Waals surface area (Å²) in [7, 11) is 0. The SMILES string of the molecule is CC(=NNC(=O)c1ccc([N+](=O)[O-])cc1)c1ccc(NC(=O)C(F)(F)F)cc1. The van der Waals surface area contributed by atoms with Gasteiger partial charge >= 0.3 is 12.1 Å². The molecule has 2 N–H and O–H groups in total. The molecule has 2 aromatic carbocycles. The van der Waals surface area contributed by atoms with E-state index in [0.29, 0.717) is 11.3 Å². The molecule has 0 fully saturated rings. The largest absolute Gasteiger partial charge is 0.471 e. The van der Waals surface area contributed by atoms with Crippen molar-refractivity contribution in [1.29, 1.82) is 0 Å². The van der Waals surface area contributed by atoms with Crippen molar-refractivity contribution in [2.75, 3.05) is 5.32 Å². The molecule has 0 aliphatic carbocycles. The number of anilines is 1. The molecule has 11 heteroatoms. The van der Waals surface area contributed by atoms with Crippen LogP contribution in [0, 0.1) is 10.1 Å². The fourth-order valence-electron chi connectivity index (χ4n) is 1.99. The van der Waals surface area contributed by atoms with E-state index in [0.717, 1.165) is 0 Å². The summed E-state index contributed by atoms with van der Waals surface area (Å²) in [5, 5.41) is 16.2. The summed E-state index contributed by atoms with van der Waals surface area (Å²) in [5.74, 6) is -2.68. The van der Waals surface area contributed by atoms with Crippen LogP contribution in [0.4, 0.5) is 24.5 Å². The quantitative estimate of drug-likeness (QED) is 0.460. The lowest BCUT2D eigenvalue weighted by molar-refractivity contribution is -0.384. The minimum Gasteiger partial charge on any atom is -0.318 e. The summed E-state index contributed by atoms with van der Waals surface area (Å²) in [6.07, 6.45) is -4.99. The molecule has 0 heterocycles. The maximum absolute atomic E-state index is 12.2. The molecule has 0 unspecified atom stereocenters. The average molecular weight is 394 g/mol. The number of carbonyl (C=O) groups excluding carboxylic acids is 2. The Kier molecular flexibility index (Phi) is 6.08. The molecule has 0 saturated heterocycles. The summed E-state index contributed by atoms with van der Waals surface area (Å²) < 4.78 is 36.6. The number of non-ortho nitro benzene ring substituents is 1. The lowest BCUT2D eigenvalue weighted by atomic mass is 10.1. The van der Waals surface area contributed by atoms with Crippen molar-refractivity contribution < 1.29 is 27.7 Å². The van der Waals surface area contributed by atoms with Crippen LogP contribution in [-0.2, 0) is 4.79 Å². The fourth-order valence-corrected chi connectivity index (χ4v) is 1.99. The van der Waals surface area contributed by atoms with Gasteiger partial charge in [0.15, 0.2) is 0 Å². The summed E-state index contributed by atoms with van der Waals surface area (Å²) >= 11 is 0. The first kappa shape index (κ1) is 20.6. The maximum atomic E-state index is 12.2. The van der Waals surface area contributed by atoms with Crippen LogP contribution in [0.5, 0.6) is 0 Å². The number of amides is 2. The molecule has 0 bridgehead atoms. The number of nitro groups is 1. The van der Waals surface area contributed by atoms with Crippen LogP contribution >= 0.6 is 0 Å². The van der Waals surface area contributed by atoms with E-state index in [1.807, 2.05) is 0 Å². The lowest BCUT2D eigenvalue weighted by Gasteiger charge is -2.08. The summed E-state index contributed by atoms with van der Waals surface area (Å²) in [6.45, 7) is 1.55. The van der Waals surface area contributed by atoms with Crippen molar-refractivity contribution in [1.82, 2.24) is 5.43 Å². The number of rotatable bonds is 5. The molecule has 0 aliphatic rings. The number of alkyl halides is 3. The van der Waals surface area contributed by atoms with E-state index in [1.54, 1.807) is 12.2 Å². The second-order valence-corrected chi connectivity index (χ2v) is 5.47. The van der Waals surface area contributed by atoms with E-state index in [2.05, 4.69) is 10.5 Å². The normalized spacial score (nSPS) is 11.6. The van der Waals surface area contributed by atoms with E-state index in [4.69, 9.17) is 0 Å². The first-order valence-electron chi connectivity index (χ1n) is 7.65. The van der Waals surface area contributed by atoms with Crippen molar-refractivity contribution in [2.24, 2.45) is 5.10 Å². The van der Waals surface area contributed by atoms with E-state index in [9.17, 15) is 32.9 Å². The average Bonchev–Trinajstić information content (AvgIpc) is 2.65. The highest BCUT2D eigenvalue weighted by Crippen LogP contribution is 2.18. The minimum atomic E-state index is -4.99. The van der Waals surface area contributed by atoms with Gasteiger partial charge in [0, 0.05) is 23.4 Å². The summed E-state index contributed by atoms with van der Waals surface area (Å²) in [4.78, 5) is 32.9. The second-order valence-electron chi connectivity index (χ2n) is 5.47. The minimum absolute atomic E-state index is 0.0474. The molecule has 146 valence electrons. The number of carbonyl (C=O) groups is 2. The Morgan fingerprint density at radius 3 is 2.04 bits per heavy atom. The third-order valence-electron chi connectivity index (χ3n) is 3.48.